The Hall–Kier alpha value is -1.62. The number of aryl methyl sites for hydroxylation is 1. The van der Waals surface area contributed by atoms with E-state index in [1.807, 2.05) is 6.07 Å². The lowest BCUT2D eigenvalue weighted by atomic mass is 10.4. The fourth-order valence-corrected chi connectivity index (χ4v) is 1.48. The van der Waals surface area contributed by atoms with Gasteiger partial charge in [-0.25, -0.2) is 4.79 Å². The zero-order valence-electron chi connectivity index (χ0n) is 7.73. The Morgan fingerprint density at radius 2 is 2.43 bits per heavy atom. The highest BCUT2D eigenvalue weighted by Gasteiger charge is 2.04. The standard InChI is InChI=1S/C9H12N4O/c10-3-1-5-13-8-2-4-11-6-7(8)12-9(13)14/h2,4,6H,1,3,5,10H2,(H,12,14). The second-order valence-electron chi connectivity index (χ2n) is 3.12. The maximum Gasteiger partial charge on any atom is 0.326 e. The number of H-pyrrole nitrogens is 1. The lowest BCUT2D eigenvalue weighted by Gasteiger charge is -2.00. The van der Waals surface area contributed by atoms with Crippen LogP contribution in [0.4, 0.5) is 0 Å². The number of nitrogens with zero attached hydrogens (tertiary/aromatic N) is 2. The van der Waals surface area contributed by atoms with Crippen molar-refractivity contribution in [2.75, 3.05) is 6.54 Å². The molecule has 0 unspecified atom stereocenters. The van der Waals surface area contributed by atoms with Crippen LogP contribution in [0.1, 0.15) is 6.42 Å². The van der Waals surface area contributed by atoms with Crippen molar-refractivity contribution in [3.63, 3.8) is 0 Å². The van der Waals surface area contributed by atoms with E-state index in [0.717, 1.165) is 17.5 Å². The molecule has 0 saturated carbocycles. The SMILES string of the molecule is NCCCn1c(=O)[nH]c2cnccc21. The highest BCUT2D eigenvalue weighted by atomic mass is 16.1. The van der Waals surface area contributed by atoms with Gasteiger partial charge in [-0.2, -0.15) is 0 Å². The zero-order chi connectivity index (χ0) is 9.97. The van der Waals surface area contributed by atoms with Gasteiger partial charge in [0.05, 0.1) is 17.2 Å². The van der Waals surface area contributed by atoms with Crippen LogP contribution in [0.3, 0.4) is 0 Å². The molecule has 14 heavy (non-hydrogen) atoms. The van der Waals surface area contributed by atoms with Crippen molar-refractivity contribution in [3.05, 3.63) is 28.9 Å². The average molecular weight is 192 g/mol. The topological polar surface area (TPSA) is 76.7 Å². The van der Waals surface area contributed by atoms with Gasteiger partial charge in [0.2, 0.25) is 0 Å². The summed E-state index contributed by atoms with van der Waals surface area (Å²) in [5, 5.41) is 0. The Bertz CT molecular complexity index is 485. The van der Waals surface area contributed by atoms with Gasteiger partial charge >= 0.3 is 5.69 Å². The fraction of sp³-hybridized carbons (Fsp3) is 0.333. The molecule has 2 heterocycles. The van der Waals surface area contributed by atoms with E-state index >= 15 is 0 Å². The van der Waals surface area contributed by atoms with Gasteiger partial charge in [0.1, 0.15) is 0 Å². The molecule has 3 N–H and O–H groups in total. The maximum absolute atomic E-state index is 11.5. The number of fused-ring (bicyclic) bond motifs is 1. The van der Waals surface area contributed by atoms with E-state index in [0.29, 0.717) is 13.1 Å². The first-order valence-corrected chi connectivity index (χ1v) is 4.55. The summed E-state index contributed by atoms with van der Waals surface area (Å²) in [6.07, 6.45) is 4.12. The number of hydrogen-bond donors (Lipinski definition) is 2. The largest absolute Gasteiger partial charge is 0.330 e. The molecular weight excluding hydrogens is 180 g/mol. The first-order valence-electron chi connectivity index (χ1n) is 4.55. The molecule has 0 spiro atoms. The minimum Gasteiger partial charge on any atom is -0.330 e. The molecule has 0 saturated heterocycles. The number of nitrogens with two attached hydrogens (primary N) is 1. The van der Waals surface area contributed by atoms with Crippen LogP contribution in [-0.4, -0.2) is 21.1 Å². The van der Waals surface area contributed by atoms with Crippen molar-refractivity contribution in [3.8, 4) is 0 Å². The van der Waals surface area contributed by atoms with E-state index in [1.54, 1.807) is 17.0 Å². The van der Waals surface area contributed by atoms with Crippen LogP contribution in [0.2, 0.25) is 0 Å². The van der Waals surface area contributed by atoms with Crippen molar-refractivity contribution in [1.29, 1.82) is 0 Å². The van der Waals surface area contributed by atoms with Crippen molar-refractivity contribution in [1.82, 2.24) is 14.5 Å². The summed E-state index contributed by atoms with van der Waals surface area (Å²) in [6.45, 7) is 1.24. The van der Waals surface area contributed by atoms with Crippen LogP contribution >= 0.6 is 0 Å². The second kappa shape index (κ2) is 3.63. The van der Waals surface area contributed by atoms with Gasteiger partial charge in [0.25, 0.3) is 0 Å². The molecule has 0 fully saturated rings. The molecule has 0 aliphatic carbocycles. The molecule has 0 bridgehead atoms. The second-order valence-corrected chi connectivity index (χ2v) is 3.12. The van der Waals surface area contributed by atoms with E-state index in [4.69, 9.17) is 5.73 Å². The third kappa shape index (κ3) is 1.42. The Morgan fingerprint density at radius 3 is 3.21 bits per heavy atom. The summed E-state index contributed by atoms with van der Waals surface area (Å²) < 4.78 is 1.68. The van der Waals surface area contributed by atoms with Gasteiger partial charge < -0.3 is 10.7 Å². The van der Waals surface area contributed by atoms with Gasteiger partial charge in [0, 0.05) is 12.7 Å². The predicted molar refractivity (Wildman–Crippen MR) is 54.0 cm³/mol. The van der Waals surface area contributed by atoms with Crippen LogP contribution in [-0.2, 0) is 6.54 Å². The van der Waals surface area contributed by atoms with Crippen LogP contribution in [0.15, 0.2) is 23.3 Å². The van der Waals surface area contributed by atoms with Gasteiger partial charge in [-0.15, -0.1) is 0 Å². The van der Waals surface area contributed by atoms with Crippen molar-refractivity contribution < 1.29 is 0 Å². The third-order valence-corrected chi connectivity index (χ3v) is 2.16. The quantitative estimate of drug-likeness (QED) is 0.722. The Kier molecular flexibility index (Phi) is 2.32. The number of imidazole rings is 1. The monoisotopic (exact) mass is 192 g/mol. The minimum atomic E-state index is -0.0959. The van der Waals surface area contributed by atoms with Crippen molar-refractivity contribution >= 4 is 11.0 Å². The zero-order valence-corrected chi connectivity index (χ0v) is 7.73. The Labute approximate surface area is 80.6 Å². The lowest BCUT2D eigenvalue weighted by Crippen LogP contribution is -2.18. The summed E-state index contributed by atoms with van der Waals surface area (Å²) in [6, 6.07) is 1.82. The molecular formula is C9H12N4O. The maximum atomic E-state index is 11.5. The van der Waals surface area contributed by atoms with Crippen LogP contribution in [0, 0.1) is 0 Å². The number of aromatic amines is 1. The predicted octanol–water partition coefficient (Wildman–Crippen LogP) is 0.0734. The number of nitrogens with one attached hydrogen (secondary N) is 1. The van der Waals surface area contributed by atoms with Crippen LogP contribution < -0.4 is 11.4 Å². The highest BCUT2D eigenvalue weighted by molar-refractivity contribution is 5.73. The van der Waals surface area contributed by atoms with Gasteiger partial charge in [0.15, 0.2) is 0 Å². The molecule has 2 aromatic heterocycles. The molecule has 0 aliphatic rings. The summed E-state index contributed by atoms with van der Waals surface area (Å²) in [7, 11) is 0. The van der Waals surface area contributed by atoms with Crippen LogP contribution in [0.5, 0.6) is 0 Å². The highest BCUT2D eigenvalue weighted by Crippen LogP contribution is 2.06. The number of aromatic nitrogens is 3. The van der Waals surface area contributed by atoms with E-state index in [1.165, 1.54) is 0 Å². The third-order valence-electron chi connectivity index (χ3n) is 2.16. The first-order chi connectivity index (χ1) is 6.83. The molecule has 74 valence electrons. The molecule has 5 heteroatoms. The normalized spacial score (nSPS) is 10.9. The van der Waals surface area contributed by atoms with E-state index in [-0.39, 0.29) is 5.69 Å². The summed E-state index contributed by atoms with van der Waals surface area (Å²) in [4.78, 5) is 18.2. The Balaban J connectivity index is 2.51. The smallest absolute Gasteiger partial charge is 0.326 e. The molecule has 0 aromatic carbocycles. The first kappa shape index (κ1) is 8.96. The van der Waals surface area contributed by atoms with E-state index < -0.39 is 0 Å². The molecule has 0 atom stereocenters. The molecule has 0 radical (unpaired) electrons. The van der Waals surface area contributed by atoms with Crippen LogP contribution in [0.25, 0.3) is 11.0 Å². The Morgan fingerprint density at radius 1 is 1.57 bits per heavy atom. The molecule has 5 nitrogen and oxygen atoms in total. The summed E-state index contributed by atoms with van der Waals surface area (Å²) in [5.41, 5.74) is 6.97. The number of pyridine rings is 1. The molecule has 0 amide bonds. The number of hydrogen-bond acceptors (Lipinski definition) is 3. The van der Waals surface area contributed by atoms with Gasteiger partial charge in [-0.1, -0.05) is 0 Å². The van der Waals surface area contributed by atoms with Gasteiger partial charge in [-0.3, -0.25) is 9.55 Å². The summed E-state index contributed by atoms with van der Waals surface area (Å²) in [5.74, 6) is 0. The molecule has 0 aliphatic heterocycles. The average Bonchev–Trinajstić information content (AvgIpc) is 2.51. The summed E-state index contributed by atoms with van der Waals surface area (Å²) >= 11 is 0. The minimum absolute atomic E-state index is 0.0959. The van der Waals surface area contributed by atoms with Crippen molar-refractivity contribution in [2.24, 2.45) is 5.73 Å². The molecule has 2 aromatic rings. The number of rotatable bonds is 3. The fourth-order valence-electron chi connectivity index (χ4n) is 1.48. The lowest BCUT2D eigenvalue weighted by molar-refractivity contribution is 0.647. The van der Waals surface area contributed by atoms with E-state index in [2.05, 4.69) is 9.97 Å². The molecule has 2 rings (SSSR count). The van der Waals surface area contributed by atoms with E-state index in [9.17, 15) is 4.79 Å². The van der Waals surface area contributed by atoms with Gasteiger partial charge in [-0.05, 0) is 19.0 Å². The van der Waals surface area contributed by atoms with Crippen molar-refractivity contribution in [2.45, 2.75) is 13.0 Å².